The summed E-state index contributed by atoms with van der Waals surface area (Å²) in [5.74, 6) is -0.497. The molecule has 1 fully saturated rings. The molecule has 1 aliphatic rings. The van der Waals surface area contributed by atoms with Crippen molar-refractivity contribution < 1.29 is 19.1 Å². The van der Waals surface area contributed by atoms with Gasteiger partial charge in [-0.15, -0.1) is 0 Å². The molecule has 1 aliphatic heterocycles. The summed E-state index contributed by atoms with van der Waals surface area (Å²) in [6, 6.07) is 4.71. The molecule has 2 aromatic rings. The zero-order chi connectivity index (χ0) is 18.0. The van der Waals surface area contributed by atoms with Crippen LogP contribution in [0.5, 0.6) is 0 Å². The number of esters is 1. The minimum Gasteiger partial charge on any atom is -0.739 e. The molecular formula is C15H18BrN5O4. The minimum absolute atomic E-state index is 0.0806. The molecule has 9 nitrogen and oxygen atoms in total. The van der Waals surface area contributed by atoms with E-state index in [2.05, 4.69) is 31.2 Å². The highest BCUT2D eigenvalue weighted by molar-refractivity contribution is 9.10. The second-order valence-electron chi connectivity index (χ2n) is 5.96. The fourth-order valence-corrected chi connectivity index (χ4v) is 3.08. The largest absolute Gasteiger partial charge is 0.739 e. The quantitative estimate of drug-likeness (QED) is 0.428. The van der Waals surface area contributed by atoms with Gasteiger partial charge in [-0.25, -0.2) is 4.73 Å². The van der Waals surface area contributed by atoms with Crippen LogP contribution in [0.4, 0.5) is 5.95 Å². The summed E-state index contributed by atoms with van der Waals surface area (Å²) in [5, 5.41) is 30.6. The number of rotatable bonds is 5. The average molecular weight is 412 g/mol. The van der Waals surface area contributed by atoms with Crippen LogP contribution < -0.4 is 14.9 Å². The first-order chi connectivity index (χ1) is 11.9. The monoisotopic (exact) mass is 411 g/mol. The summed E-state index contributed by atoms with van der Waals surface area (Å²) >= 11 is 3.25. The lowest BCUT2D eigenvalue weighted by molar-refractivity contribution is -0.672. The summed E-state index contributed by atoms with van der Waals surface area (Å²) in [6.07, 6.45) is 0.829. The summed E-state index contributed by atoms with van der Waals surface area (Å²) in [6.45, 7) is 1.80. The highest BCUT2D eigenvalue weighted by Gasteiger charge is 2.24. The zero-order valence-electron chi connectivity index (χ0n) is 13.6. The molecule has 1 N–H and O–H groups in total. The van der Waals surface area contributed by atoms with Crippen LogP contribution in [0.15, 0.2) is 22.7 Å². The SMILES string of the molecule is CN1CCC(OC(=O)CCNc2n[n+]([O-])c3cc(Br)ccc3[n+]2[O-])C1. The molecule has 1 unspecified atom stereocenters. The predicted molar refractivity (Wildman–Crippen MR) is 92.5 cm³/mol. The number of hydrogen-bond donors (Lipinski definition) is 1. The van der Waals surface area contributed by atoms with E-state index in [1.54, 1.807) is 6.07 Å². The van der Waals surface area contributed by atoms with Crippen molar-refractivity contribution >= 4 is 38.9 Å². The van der Waals surface area contributed by atoms with Gasteiger partial charge in [0.15, 0.2) is 5.52 Å². The number of carbonyl (C=O) groups is 1. The van der Waals surface area contributed by atoms with Crippen LogP contribution >= 0.6 is 15.9 Å². The highest BCUT2D eigenvalue weighted by atomic mass is 79.9. The number of halogens is 1. The van der Waals surface area contributed by atoms with Gasteiger partial charge in [0.05, 0.1) is 13.0 Å². The number of benzene rings is 1. The second kappa shape index (κ2) is 7.36. The summed E-state index contributed by atoms with van der Waals surface area (Å²) in [7, 11) is 1.98. The molecule has 2 heterocycles. The van der Waals surface area contributed by atoms with Gasteiger partial charge >= 0.3 is 17.4 Å². The molecular weight excluding hydrogens is 394 g/mol. The number of likely N-dealkylation sites (tertiary alicyclic amines) is 1. The number of nitrogens with one attached hydrogen (secondary N) is 1. The molecule has 0 saturated carbocycles. The van der Waals surface area contributed by atoms with Gasteiger partial charge in [-0.2, -0.15) is 0 Å². The van der Waals surface area contributed by atoms with Crippen molar-refractivity contribution in [2.75, 3.05) is 32.0 Å². The third kappa shape index (κ3) is 4.07. The lowest BCUT2D eigenvalue weighted by Crippen LogP contribution is -2.44. The van der Waals surface area contributed by atoms with Crippen molar-refractivity contribution in [3.05, 3.63) is 33.1 Å². The van der Waals surface area contributed by atoms with E-state index in [4.69, 9.17) is 4.74 Å². The van der Waals surface area contributed by atoms with E-state index in [0.717, 1.165) is 19.5 Å². The molecule has 0 bridgehead atoms. The Morgan fingerprint density at radius 1 is 1.48 bits per heavy atom. The second-order valence-corrected chi connectivity index (χ2v) is 6.88. The summed E-state index contributed by atoms with van der Waals surface area (Å²) in [4.78, 5) is 14.3. The van der Waals surface area contributed by atoms with Gasteiger partial charge in [-0.1, -0.05) is 15.9 Å². The summed E-state index contributed by atoms with van der Waals surface area (Å²) < 4.78 is 6.57. The molecule has 0 radical (unpaired) electrons. The smallest absolute Gasteiger partial charge is 0.460 e. The van der Waals surface area contributed by atoms with Crippen LogP contribution in [0.3, 0.4) is 0 Å². The lowest BCUT2D eigenvalue weighted by atomic mass is 10.3. The Morgan fingerprint density at radius 3 is 3.00 bits per heavy atom. The number of nitrogens with zero attached hydrogens (tertiary/aromatic N) is 4. The van der Waals surface area contributed by atoms with Gasteiger partial charge in [0.1, 0.15) is 6.10 Å². The maximum Gasteiger partial charge on any atom is 0.460 e. The van der Waals surface area contributed by atoms with Gasteiger partial charge in [0.25, 0.3) is 0 Å². The fraction of sp³-hybridized carbons (Fsp3) is 0.467. The van der Waals surface area contributed by atoms with Gasteiger partial charge in [-0.05, 0) is 25.6 Å². The van der Waals surface area contributed by atoms with E-state index in [0.29, 0.717) is 14.0 Å². The first-order valence-electron chi connectivity index (χ1n) is 7.88. The predicted octanol–water partition coefficient (Wildman–Crippen LogP) is 0.313. The molecule has 3 rings (SSSR count). The first-order valence-corrected chi connectivity index (χ1v) is 8.68. The van der Waals surface area contributed by atoms with E-state index in [1.807, 2.05) is 7.05 Å². The topological polar surface area (TPSA) is 108 Å². The van der Waals surface area contributed by atoms with E-state index < -0.39 is 0 Å². The van der Waals surface area contributed by atoms with Crippen molar-refractivity contribution in [2.45, 2.75) is 18.9 Å². The van der Waals surface area contributed by atoms with Gasteiger partial charge in [-0.3, -0.25) is 10.1 Å². The Hall–Kier alpha value is -2.20. The van der Waals surface area contributed by atoms with Crippen molar-refractivity contribution in [3.8, 4) is 0 Å². The molecule has 1 atom stereocenters. The maximum atomic E-state index is 12.3. The van der Waals surface area contributed by atoms with Gasteiger partial charge < -0.3 is 20.1 Å². The Balaban J connectivity index is 1.60. The number of anilines is 1. The normalized spacial score (nSPS) is 17.8. The molecule has 0 aliphatic carbocycles. The fourth-order valence-electron chi connectivity index (χ4n) is 2.74. The van der Waals surface area contributed by atoms with Crippen molar-refractivity contribution in [3.63, 3.8) is 0 Å². The number of aromatic nitrogens is 3. The molecule has 25 heavy (non-hydrogen) atoms. The molecule has 0 spiro atoms. The van der Waals surface area contributed by atoms with Crippen LogP contribution in [0.25, 0.3) is 11.0 Å². The van der Waals surface area contributed by atoms with E-state index >= 15 is 0 Å². The first kappa shape index (κ1) is 17.6. The Bertz CT molecular complexity index is 803. The molecule has 1 aromatic carbocycles. The minimum atomic E-state index is -0.343. The zero-order valence-corrected chi connectivity index (χ0v) is 15.2. The Morgan fingerprint density at radius 2 is 2.28 bits per heavy atom. The van der Waals surface area contributed by atoms with Crippen LogP contribution in [-0.2, 0) is 9.53 Å². The van der Waals surface area contributed by atoms with Crippen molar-refractivity contribution in [1.29, 1.82) is 0 Å². The molecule has 134 valence electrons. The number of hydrogen-bond acceptors (Lipinski definition) is 7. The maximum absolute atomic E-state index is 12.3. The standard InChI is InChI=1S/C15H18BrN5O4/c1-19-7-5-11(9-19)25-14(22)4-6-17-15-18-21(24)13-8-10(16)2-3-12(13)20(15)23/h2-3,8,11H,4-7,9H2,1H3,(H,17,18). The molecule has 10 heteroatoms. The molecule has 1 saturated heterocycles. The van der Waals surface area contributed by atoms with Crippen LogP contribution in [0.1, 0.15) is 12.8 Å². The molecule has 0 amide bonds. The molecule has 1 aromatic heterocycles. The third-order valence-electron chi connectivity index (χ3n) is 4.00. The van der Waals surface area contributed by atoms with Crippen LogP contribution in [0.2, 0.25) is 0 Å². The van der Waals surface area contributed by atoms with E-state index in [9.17, 15) is 15.2 Å². The van der Waals surface area contributed by atoms with E-state index in [-0.39, 0.29) is 42.0 Å². The number of carbonyl (C=O) groups excluding carboxylic acids is 1. The number of ether oxygens (including phenoxy) is 1. The summed E-state index contributed by atoms with van der Waals surface area (Å²) in [5.41, 5.74) is 0.340. The highest BCUT2D eigenvalue weighted by Crippen LogP contribution is 2.15. The van der Waals surface area contributed by atoms with Crippen LogP contribution in [0, 0.1) is 10.4 Å². The van der Waals surface area contributed by atoms with Gasteiger partial charge in [0.2, 0.25) is 5.10 Å². The van der Waals surface area contributed by atoms with Crippen molar-refractivity contribution in [1.82, 2.24) is 10.00 Å². The van der Waals surface area contributed by atoms with E-state index in [1.165, 1.54) is 12.1 Å². The Labute approximate surface area is 152 Å². The van der Waals surface area contributed by atoms with Gasteiger partial charge in [0, 0.05) is 28.5 Å². The number of fused-ring (bicyclic) bond motifs is 1. The lowest BCUT2D eigenvalue weighted by Gasteiger charge is -2.12. The number of likely N-dealkylation sites (N-methyl/N-ethyl adjacent to an activating group) is 1. The average Bonchev–Trinajstić information content (AvgIpc) is 2.97. The van der Waals surface area contributed by atoms with Crippen molar-refractivity contribution in [2.24, 2.45) is 0 Å². The Kier molecular flexibility index (Phi) is 5.19. The third-order valence-corrected chi connectivity index (χ3v) is 4.49. The van der Waals surface area contributed by atoms with Crippen LogP contribution in [-0.4, -0.2) is 48.8 Å².